The van der Waals surface area contributed by atoms with Crippen molar-refractivity contribution in [1.29, 1.82) is 0 Å². The Hall–Kier alpha value is -3.97. The fraction of sp³-hybridized carbons (Fsp3) is 0.154. The van der Waals surface area contributed by atoms with E-state index in [-0.39, 0.29) is 23.4 Å². The number of halogens is 1. The molecule has 0 spiro atoms. The van der Waals surface area contributed by atoms with Gasteiger partial charge in [-0.15, -0.1) is 0 Å². The minimum atomic E-state index is -0.465. The number of pyridine rings is 2. The summed E-state index contributed by atoms with van der Waals surface area (Å²) >= 11 is 6.30. The summed E-state index contributed by atoms with van der Waals surface area (Å²) in [4.78, 5) is 43.0. The molecule has 2 heterocycles. The van der Waals surface area contributed by atoms with Gasteiger partial charge < -0.3 is 14.6 Å². The molecule has 0 saturated heterocycles. The number of aromatic nitrogens is 2. The summed E-state index contributed by atoms with van der Waals surface area (Å²) < 4.78 is 6.82. The van der Waals surface area contributed by atoms with Crippen molar-refractivity contribution in [2.75, 3.05) is 13.7 Å². The van der Waals surface area contributed by atoms with Gasteiger partial charge in [0, 0.05) is 30.7 Å². The molecule has 0 saturated carbocycles. The maximum atomic E-state index is 13.2. The van der Waals surface area contributed by atoms with Crippen LogP contribution in [0.2, 0.25) is 5.02 Å². The minimum absolute atomic E-state index is 0.0554. The fourth-order valence-corrected chi connectivity index (χ4v) is 3.94. The lowest BCUT2D eigenvalue weighted by atomic mass is 10.0. The monoisotopic (exact) mass is 475 g/mol. The van der Waals surface area contributed by atoms with E-state index < -0.39 is 11.2 Å². The first kappa shape index (κ1) is 23.2. The third kappa shape index (κ3) is 5.00. The van der Waals surface area contributed by atoms with Crippen molar-refractivity contribution >= 4 is 34.2 Å². The maximum absolute atomic E-state index is 13.2. The number of nitrogens with one attached hydrogen (secondary N) is 1. The van der Waals surface area contributed by atoms with E-state index in [0.717, 1.165) is 5.56 Å². The van der Waals surface area contributed by atoms with Crippen molar-refractivity contribution in [3.8, 4) is 5.75 Å². The molecule has 0 fully saturated rings. The molecule has 0 aliphatic heterocycles. The van der Waals surface area contributed by atoms with Crippen LogP contribution in [0.4, 0.5) is 0 Å². The number of nitrogens with zero attached hydrogens (tertiary/aromatic N) is 2. The molecular weight excluding hydrogens is 454 g/mol. The Morgan fingerprint density at radius 2 is 1.82 bits per heavy atom. The SMILES string of the molecule is COc1cc2c(=O)c(C(=O)c3ccncc3)cn(CC(=O)NCCc3ccccc3)c2cc1Cl. The molecule has 0 aliphatic rings. The highest BCUT2D eigenvalue weighted by Gasteiger charge is 2.19. The van der Waals surface area contributed by atoms with E-state index in [9.17, 15) is 14.4 Å². The first-order chi connectivity index (χ1) is 16.5. The zero-order valence-corrected chi connectivity index (χ0v) is 19.2. The number of amides is 1. The van der Waals surface area contributed by atoms with Crippen LogP contribution in [-0.4, -0.2) is 34.9 Å². The van der Waals surface area contributed by atoms with Crippen molar-refractivity contribution in [2.24, 2.45) is 0 Å². The van der Waals surface area contributed by atoms with Gasteiger partial charge in [-0.1, -0.05) is 41.9 Å². The number of benzene rings is 2. The first-order valence-corrected chi connectivity index (χ1v) is 11.0. The Balaban J connectivity index is 1.68. The summed E-state index contributed by atoms with van der Waals surface area (Å²) in [6, 6.07) is 16.0. The highest BCUT2D eigenvalue weighted by molar-refractivity contribution is 6.32. The van der Waals surface area contributed by atoms with E-state index in [1.165, 1.54) is 43.9 Å². The molecule has 1 N–H and O–H groups in total. The van der Waals surface area contributed by atoms with Crippen LogP contribution < -0.4 is 15.5 Å². The third-order valence-corrected chi connectivity index (χ3v) is 5.73. The second kappa shape index (κ2) is 10.3. The Morgan fingerprint density at radius 1 is 1.09 bits per heavy atom. The molecule has 4 rings (SSSR count). The number of hydrogen-bond acceptors (Lipinski definition) is 5. The van der Waals surface area contributed by atoms with Crippen LogP contribution in [0.3, 0.4) is 0 Å². The van der Waals surface area contributed by atoms with Gasteiger partial charge in [-0.25, -0.2) is 0 Å². The second-order valence-electron chi connectivity index (χ2n) is 7.65. The summed E-state index contributed by atoms with van der Waals surface area (Å²) in [6.45, 7) is 0.364. The number of methoxy groups -OCH3 is 1. The van der Waals surface area contributed by atoms with Crippen molar-refractivity contribution in [3.63, 3.8) is 0 Å². The van der Waals surface area contributed by atoms with E-state index in [4.69, 9.17) is 16.3 Å². The number of rotatable bonds is 8. The summed E-state index contributed by atoms with van der Waals surface area (Å²) in [5, 5.41) is 3.41. The van der Waals surface area contributed by atoms with Crippen LogP contribution >= 0.6 is 11.6 Å². The molecule has 4 aromatic rings. The number of ketones is 1. The molecule has 0 aliphatic carbocycles. The van der Waals surface area contributed by atoms with Crippen LogP contribution in [0.25, 0.3) is 10.9 Å². The molecular formula is C26H22ClN3O4. The number of hydrogen-bond donors (Lipinski definition) is 1. The van der Waals surface area contributed by atoms with Gasteiger partial charge in [-0.2, -0.15) is 0 Å². The molecule has 0 unspecified atom stereocenters. The van der Waals surface area contributed by atoms with E-state index in [2.05, 4.69) is 10.3 Å². The van der Waals surface area contributed by atoms with Gasteiger partial charge in [0.05, 0.1) is 28.6 Å². The Kier molecular flexibility index (Phi) is 7.04. The van der Waals surface area contributed by atoms with Crippen LogP contribution in [0.15, 0.2) is 78.0 Å². The quantitative estimate of drug-likeness (QED) is 0.393. The van der Waals surface area contributed by atoms with E-state index in [1.54, 1.807) is 10.6 Å². The average Bonchev–Trinajstić information content (AvgIpc) is 2.86. The lowest BCUT2D eigenvalue weighted by Gasteiger charge is -2.15. The van der Waals surface area contributed by atoms with Gasteiger partial charge in [-0.05, 0) is 36.2 Å². The number of carbonyl (C=O) groups is 2. The summed E-state index contributed by atoms with van der Waals surface area (Å²) in [6.07, 6.45) is 5.06. The predicted octanol–water partition coefficient (Wildman–Crippen LogP) is 3.65. The van der Waals surface area contributed by atoms with Gasteiger partial charge in [-0.3, -0.25) is 19.4 Å². The summed E-state index contributed by atoms with van der Waals surface area (Å²) in [5.74, 6) is -0.407. The van der Waals surface area contributed by atoms with E-state index in [0.29, 0.717) is 34.8 Å². The summed E-state index contributed by atoms with van der Waals surface area (Å²) in [5.41, 5.74) is 1.35. The molecule has 0 atom stereocenters. The van der Waals surface area contributed by atoms with E-state index in [1.807, 2.05) is 30.3 Å². The van der Waals surface area contributed by atoms with Gasteiger partial charge in [0.1, 0.15) is 12.3 Å². The third-order valence-electron chi connectivity index (χ3n) is 5.43. The summed E-state index contributed by atoms with van der Waals surface area (Å²) in [7, 11) is 1.44. The van der Waals surface area contributed by atoms with E-state index >= 15 is 0 Å². The standard InChI is InChI=1S/C26H22ClN3O4/c1-34-23-13-19-22(14-21(23)27)30(16-24(31)29-12-7-17-5-3-2-4-6-17)15-20(26(19)33)25(32)18-8-10-28-11-9-18/h2-6,8-11,13-15H,7,12,16H2,1H3,(H,29,31). The van der Waals surface area contributed by atoms with Crippen molar-refractivity contribution in [2.45, 2.75) is 13.0 Å². The van der Waals surface area contributed by atoms with Crippen LogP contribution in [0, 0.1) is 0 Å². The second-order valence-corrected chi connectivity index (χ2v) is 8.06. The highest BCUT2D eigenvalue weighted by atomic mass is 35.5. The number of ether oxygens (including phenoxy) is 1. The van der Waals surface area contributed by atoms with Gasteiger partial charge in [0.25, 0.3) is 0 Å². The zero-order valence-electron chi connectivity index (χ0n) is 18.5. The molecule has 7 nitrogen and oxygen atoms in total. The Morgan fingerprint density at radius 3 is 2.53 bits per heavy atom. The first-order valence-electron chi connectivity index (χ1n) is 10.6. The topological polar surface area (TPSA) is 90.3 Å². The molecule has 2 aromatic carbocycles. The predicted molar refractivity (Wildman–Crippen MR) is 131 cm³/mol. The van der Waals surface area contributed by atoms with Crippen LogP contribution in [-0.2, 0) is 17.8 Å². The van der Waals surface area contributed by atoms with Crippen LogP contribution in [0.5, 0.6) is 5.75 Å². The van der Waals surface area contributed by atoms with Crippen molar-refractivity contribution < 1.29 is 14.3 Å². The Bertz CT molecular complexity index is 1400. The molecule has 0 bridgehead atoms. The number of fused-ring (bicyclic) bond motifs is 1. The van der Waals surface area contributed by atoms with Crippen molar-refractivity contribution in [1.82, 2.24) is 14.9 Å². The van der Waals surface area contributed by atoms with Gasteiger partial charge in [0.15, 0.2) is 5.78 Å². The molecule has 0 radical (unpaired) electrons. The highest BCUT2D eigenvalue weighted by Crippen LogP contribution is 2.29. The average molecular weight is 476 g/mol. The normalized spacial score (nSPS) is 10.8. The smallest absolute Gasteiger partial charge is 0.239 e. The molecule has 8 heteroatoms. The lowest BCUT2D eigenvalue weighted by Crippen LogP contribution is -2.30. The lowest BCUT2D eigenvalue weighted by molar-refractivity contribution is -0.121. The van der Waals surface area contributed by atoms with Gasteiger partial charge >= 0.3 is 0 Å². The maximum Gasteiger partial charge on any atom is 0.239 e. The van der Waals surface area contributed by atoms with Gasteiger partial charge in [0.2, 0.25) is 11.3 Å². The minimum Gasteiger partial charge on any atom is -0.495 e. The number of carbonyl (C=O) groups excluding carboxylic acids is 2. The molecule has 1 amide bonds. The van der Waals surface area contributed by atoms with Crippen LogP contribution in [0.1, 0.15) is 21.5 Å². The molecule has 34 heavy (non-hydrogen) atoms. The Labute approximate surface area is 201 Å². The fourth-order valence-electron chi connectivity index (χ4n) is 3.70. The zero-order chi connectivity index (χ0) is 24.1. The van der Waals surface area contributed by atoms with Crippen molar-refractivity contribution in [3.05, 3.63) is 105 Å². The largest absolute Gasteiger partial charge is 0.495 e. The molecule has 2 aromatic heterocycles. The molecule has 172 valence electrons.